The molecule has 1 amide bonds. The Balaban J connectivity index is 1.40. The van der Waals surface area contributed by atoms with Crippen LogP contribution in [0.2, 0.25) is 0 Å². The molecule has 0 bridgehead atoms. The highest BCUT2D eigenvalue weighted by atomic mass is 32.2. The van der Waals surface area contributed by atoms with Gasteiger partial charge in [0.25, 0.3) is 11.8 Å². The minimum Gasteiger partial charge on any atom is -0.313 e. The quantitative estimate of drug-likeness (QED) is 0.252. The number of fused-ring (bicyclic) bond motifs is 1. The number of nitrogens with zero attached hydrogens (tertiary/aromatic N) is 4. The Morgan fingerprint density at radius 3 is 2.40 bits per heavy atom. The van der Waals surface area contributed by atoms with Gasteiger partial charge in [0.05, 0.1) is 16.2 Å². The Bertz CT molecular complexity index is 1730. The summed E-state index contributed by atoms with van der Waals surface area (Å²) in [7, 11) is -3.77. The molecule has 43 heavy (non-hydrogen) atoms. The van der Waals surface area contributed by atoms with Crippen molar-refractivity contribution >= 4 is 38.2 Å². The zero-order valence-electron chi connectivity index (χ0n) is 25.0. The second-order valence-corrected chi connectivity index (χ2v) is 13.8. The van der Waals surface area contributed by atoms with Gasteiger partial charge in [-0.25, -0.2) is 13.1 Å². The smallest absolute Gasteiger partial charge is 0.281 e. The number of carbonyl (C=O) groups excluding carboxylic acids is 2. The average molecular weight is 620 g/mol. The van der Waals surface area contributed by atoms with Crippen LogP contribution in [0.3, 0.4) is 0 Å². The third-order valence-corrected chi connectivity index (χ3v) is 10.7. The first-order valence-electron chi connectivity index (χ1n) is 14.5. The number of aromatic nitrogens is 2. The third kappa shape index (κ3) is 6.50. The number of hydrogen-bond donors (Lipinski definition) is 1. The minimum absolute atomic E-state index is 0.116. The number of rotatable bonds is 10. The largest absolute Gasteiger partial charge is 0.313 e. The van der Waals surface area contributed by atoms with E-state index >= 15 is 0 Å². The molecule has 11 heteroatoms. The fourth-order valence-corrected chi connectivity index (χ4v) is 8.19. The molecule has 226 valence electrons. The van der Waals surface area contributed by atoms with Gasteiger partial charge < -0.3 is 5.32 Å². The van der Waals surface area contributed by atoms with E-state index in [0.717, 1.165) is 53.4 Å². The Kier molecular flexibility index (Phi) is 9.26. The van der Waals surface area contributed by atoms with Crippen LogP contribution in [0.5, 0.6) is 0 Å². The number of carbonyl (C=O) groups is 2. The van der Waals surface area contributed by atoms with E-state index < -0.39 is 15.9 Å². The lowest BCUT2D eigenvalue weighted by Gasteiger charge is -2.26. The number of amides is 1. The second kappa shape index (κ2) is 12.9. The molecule has 1 aliphatic rings. The van der Waals surface area contributed by atoms with Crippen LogP contribution in [0.25, 0.3) is 0 Å². The molecule has 0 radical (unpaired) electrons. The fourth-order valence-electron chi connectivity index (χ4n) is 5.47. The van der Waals surface area contributed by atoms with Crippen LogP contribution in [0.1, 0.15) is 68.4 Å². The molecule has 2 aromatic carbocycles. The van der Waals surface area contributed by atoms with E-state index in [1.54, 1.807) is 6.92 Å². The summed E-state index contributed by atoms with van der Waals surface area (Å²) in [5.41, 5.74) is 4.11. The van der Waals surface area contributed by atoms with Gasteiger partial charge in [0.15, 0.2) is 0 Å². The van der Waals surface area contributed by atoms with Crippen LogP contribution in [-0.4, -0.2) is 58.9 Å². The SMILES string of the molecule is CCCN1CCc2c(sc(NC(=O)c3ccc(S(=O)(=O)N(CC)Cc4ccccc4)cc3)c2C(=O)n2nc(C)cc2C)C1. The minimum atomic E-state index is -3.77. The molecule has 0 fully saturated rings. The van der Waals surface area contributed by atoms with Crippen molar-refractivity contribution in [1.82, 2.24) is 19.0 Å². The number of nitrogens with one attached hydrogen (secondary N) is 1. The van der Waals surface area contributed by atoms with Crippen molar-refractivity contribution in [2.75, 3.05) is 25.0 Å². The van der Waals surface area contributed by atoms with Crippen LogP contribution >= 0.6 is 11.3 Å². The standard InChI is InChI=1S/C32H37N5O4S2/c1-5-17-35-18-16-27-28(21-35)42-31(29(27)32(39)37-23(4)19-22(3)34-37)33-30(38)25-12-14-26(15-13-25)43(40,41)36(6-2)20-24-10-8-7-9-11-24/h7-15,19H,5-6,16-18,20-21H2,1-4H3,(H,33,38). The predicted octanol–water partition coefficient (Wildman–Crippen LogP) is 5.48. The molecule has 1 N–H and O–H groups in total. The molecule has 0 atom stereocenters. The van der Waals surface area contributed by atoms with Crippen molar-refractivity contribution in [2.45, 2.75) is 58.5 Å². The average Bonchev–Trinajstić information content (AvgIpc) is 3.53. The molecule has 0 unspecified atom stereocenters. The van der Waals surface area contributed by atoms with Crippen LogP contribution in [0, 0.1) is 13.8 Å². The summed E-state index contributed by atoms with van der Waals surface area (Å²) in [6.45, 7) is 10.7. The van der Waals surface area contributed by atoms with E-state index in [2.05, 4.69) is 22.2 Å². The first kappa shape index (κ1) is 30.8. The highest BCUT2D eigenvalue weighted by Crippen LogP contribution is 2.38. The van der Waals surface area contributed by atoms with Crippen molar-refractivity contribution in [3.05, 3.63) is 99.2 Å². The maximum atomic E-state index is 13.8. The highest BCUT2D eigenvalue weighted by molar-refractivity contribution is 7.89. The van der Waals surface area contributed by atoms with E-state index in [1.165, 1.54) is 44.6 Å². The molecule has 0 aliphatic carbocycles. The highest BCUT2D eigenvalue weighted by Gasteiger charge is 2.31. The van der Waals surface area contributed by atoms with Crippen LogP contribution in [0.4, 0.5) is 5.00 Å². The van der Waals surface area contributed by atoms with Gasteiger partial charge in [0.2, 0.25) is 10.0 Å². The van der Waals surface area contributed by atoms with Gasteiger partial charge in [-0.2, -0.15) is 9.40 Å². The molecule has 5 rings (SSSR count). The second-order valence-electron chi connectivity index (χ2n) is 10.8. The number of anilines is 1. The van der Waals surface area contributed by atoms with Crippen LogP contribution in [0.15, 0.2) is 65.6 Å². The molecule has 1 aliphatic heterocycles. The van der Waals surface area contributed by atoms with E-state index in [-0.39, 0.29) is 17.3 Å². The van der Waals surface area contributed by atoms with E-state index in [0.29, 0.717) is 29.1 Å². The van der Waals surface area contributed by atoms with Gasteiger partial charge in [-0.1, -0.05) is 44.2 Å². The summed E-state index contributed by atoms with van der Waals surface area (Å²) in [5.74, 6) is -0.672. The first-order chi connectivity index (χ1) is 20.6. The van der Waals surface area contributed by atoms with E-state index in [1.807, 2.05) is 50.2 Å². The van der Waals surface area contributed by atoms with Gasteiger partial charge in [-0.05, 0) is 74.7 Å². The summed E-state index contributed by atoms with van der Waals surface area (Å²) in [5, 5.41) is 7.87. The fraction of sp³-hybridized carbons (Fsp3) is 0.344. The lowest BCUT2D eigenvalue weighted by atomic mass is 10.0. The maximum absolute atomic E-state index is 13.8. The molecular formula is C32H37N5O4S2. The van der Waals surface area contributed by atoms with Crippen molar-refractivity contribution < 1.29 is 18.0 Å². The zero-order chi connectivity index (χ0) is 30.7. The predicted molar refractivity (Wildman–Crippen MR) is 169 cm³/mol. The molecule has 0 spiro atoms. The summed E-state index contributed by atoms with van der Waals surface area (Å²) >= 11 is 1.43. The van der Waals surface area contributed by atoms with E-state index in [4.69, 9.17) is 0 Å². The van der Waals surface area contributed by atoms with Gasteiger partial charge >= 0.3 is 0 Å². The number of hydrogen-bond acceptors (Lipinski definition) is 7. The summed E-state index contributed by atoms with van der Waals surface area (Å²) in [6, 6.07) is 17.2. The Hall–Kier alpha value is -3.64. The number of aryl methyl sites for hydroxylation is 2. The molecular weight excluding hydrogens is 583 g/mol. The molecule has 2 aromatic heterocycles. The van der Waals surface area contributed by atoms with Crippen molar-refractivity contribution in [3.8, 4) is 0 Å². The molecule has 0 saturated heterocycles. The summed E-state index contributed by atoms with van der Waals surface area (Å²) < 4.78 is 29.6. The number of benzene rings is 2. The van der Waals surface area contributed by atoms with Crippen LogP contribution < -0.4 is 5.32 Å². The molecule has 4 aromatic rings. The lowest BCUT2D eigenvalue weighted by molar-refractivity contribution is 0.0942. The van der Waals surface area contributed by atoms with Crippen molar-refractivity contribution in [2.24, 2.45) is 0 Å². The van der Waals surface area contributed by atoms with Crippen molar-refractivity contribution in [1.29, 1.82) is 0 Å². The number of sulfonamides is 1. The Morgan fingerprint density at radius 1 is 1.05 bits per heavy atom. The monoisotopic (exact) mass is 619 g/mol. The zero-order valence-corrected chi connectivity index (χ0v) is 26.6. The normalized spacial score (nSPS) is 13.7. The van der Waals surface area contributed by atoms with Crippen molar-refractivity contribution in [3.63, 3.8) is 0 Å². The first-order valence-corrected chi connectivity index (χ1v) is 16.8. The topological polar surface area (TPSA) is 105 Å². The van der Waals surface area contributed by atoms with Gasteiger partial charge in [-0.15, -0.1) is 11.3 Å². The van der Waals surface area contributed by atoms with Gasteiger partial charge in [-0.3, -0.25) is 14.5 Å². The Labute approximate surface area is 257 Å². The molecule has 0 saturated carbocycles. The maximum Gasteiger partial charge on any atom is 0.281 e. The summed E-state index contributed by atoms with van der Waals surface area (Å²) in [6.07, 6.45) is 1.75. The van der Waals surface area contributed by atoms with Gasteiger partial charge in [0.1, 0.15) is 5.00 Å². The lowest BCUT2D eigenvalue weighted by Crippen LogP contribution is -2.31. The molecule has 3 heterocycles. The summed E-state index contributed by atoms with van der Waals surface area (Å²) in [4.78, 5) is 30.8. The van der Waals surface area contributed by atoms with Crippen LogP contribution in [-0.2, 0) is 29.5 Å². The van der Waals surface area contributed by atoms with E-state index in [9.17, 15) is 18.0 Å². The molecule has 9 nitrogen and oxygen atoms in total. The Morgan fingerprint density at radius 2 is 1.77 bits per heavy atom. The third-order valence-electron chi connectivity index (χ3n) is 7.63. The number of thiophene rings is 1. The van der Waals surface area contributed by atoms with Gasteiger partial charge in [0, 0.05) is 42.3 Å².